The molecule has 0 bridgehead atoms. The van der Waals surface area contributed by atoms with Gasteiger partial charge in [-0.25, -0.2) is 4.79 Å². The van der Waals surface area contributed by atoms with Crippen molar-refractivity contribution in [3.63, 3.8) is 0 Å². The molecule has 98 valence electrons. The number of aryl methyl sites for hydroxylation is 1. The number of hydrogen-bond donors (Lipinski definition) is 1. The van der Waals surface area contributed by atoms with Crippen molar-refractivity contribution >= 4 is 5.97 Å². The van der Waals surface area contributed by atoms with E-state index in [-0.39, 0.29) is 0 Å². The van der Waals surface area contributed by atoms with E-state index < -0.39 is 5.97 Å². The molecule has 19 heavy (non-hydrogen) atoms. The van der Waals surface area contributed by atoms with Crippen LogP contribution in [0, 0.1) is 6.92 Å². The minimum atomic E-state index is -0.871. The van der Waals surface area contributed by atoms with Gasteiger partial charge in [0, 0.05) is 0 Å². The molecule has 2 aromatic rings. The van der Waals surface area contributed by atoms with Crippen molar-refractivity contribution in [3.05, 3.63) is 59.2 Å². The first-order chi connectivity index (χ1) is 9.00. The third-order valence-corrected chi connectivity index (χ3v) is 3.32. The highest BCUT2D eigenvalue weighted by Gasteiger charge is 2.16. The molecule has 0 saturated carbocycles. The summed E-state index contributed by atoms with van der Waals surface area (Å²) < 4.78 is 0. The third kappa shape index (κ3) is 2.68. The van der Waals surface area contributed by atoms with Gasteiger partial charge in [-0.05, 0) is 41.2 Å². The Kier molecular flexibility index (Phi) is 3.70. The summed E-state index contributed by atoms with van der Waals surface area (Å²) in [6.45, 7) is 6.12. The Morgan fingerprint density at radius 1 is 1.11 bits per heavy atom. The number of rotatable bonds is 3. The average molecular weight is 254 g/mol. The lowest BCUT2D eigenvalue weighted by Gasteiger charge is -2.15. The summed E-state index contributed by atoms with van der Waals surface area (Å²) in [7, 11) is 0. The van der Waals surface area contributed by atoms with Crippen molar-refractivity contribution in [2.75, 3.05) is 0 Å². The molecule has 0 amide bonds. The van der Waals surface area contributed by atoms with E-state index in [1.165, 1.54) is 0 Å². The second-order valence-electron chi connectivity index (χ2n) is 5.09. The van der Waals surface area contributed by atoms with Crippen LogP contribution in [0.2, 0.25) is 0 Å². The Labute approximate surface area is 113 Å². The summed E-state index contributed by atoms with van der Waals surface area (Å²) in [6.07, 6.45) is 0. The Morgan fingerprint density at radius 3 is 2.26 bits per heavy atom. The van der Waals surface area contributed by atoms with E-state index in [0.717, 1.165) is 22.3 Å². The van der Waals surface area contributed by atoms with Gasteiger partial charge in [-0.15, -0.1) is 0 Å². The number of hydrogen-bond acceptors (Lipinski definition) is 1. The molecular formula is C17H18O2. The normalized spacial score (nSPS) is 10.7. The lowest BCUT2D eigenvalue weighted by Crippen LogP contribution is -2.04. The topological polar surface area (TPSA) is 37.3 Å². The van der Waals surface area contributed by atoms with E-state index >= 15 is 0 Å². The van der Waals surface area contributed by atoms with Gasteiger partial charge in [-0.2, -0.15) is 0 Å². The van der Waals surface area contributed by atoms with Gasteiger partial charge < -0.3 is 5.11 Å². The SMILES string of the molecule is Cc1cc(C(C)C)cc(C(=O)O)c1-c1ccccc1. The maximum absolute atomic E-state index is 11.5. The molecule has 2 rings (SSSR count). The summed E-state index contributed by atoms with van der Waals surface area (Å²) in [5.41, 5.74) is 4.23. The summed E-state index contributed by atoms with van der Waals surface area (Å²) in [4.78, 5) is 11.5. The fourth-order valence-corrected chi connectivity index (χ4v) is 2.31. The number of aromatic carboxylic acids is 1. The Balaban J connectivity index is 2.70. The summed E-state index contributed by atoms with van der Waals surface area (Å²) in [5.74, 6) is -0.550. The largest absolute Gasteiger partial charge is 0.478 e. The van der Waals surface area contributed by atoms with Crippen LogP contribution in [0.15, 0.2) is 42.5 Å². The minimum Gasteiger partial charge on any atom is -0.478 e. The van der Waals surface area contributed by atoms with Crippen LogP contribution in [0.25, 0.3) is 11.1 Å². The van der Waals surface area contributed by atoms with E-state index in [9.17, 15) is 9.90 Å². The van der Waals surface area contributed by atoms with Gasteiger partial charge in [0.15, 0.2) is 0 Å². The molecule has 0 saturated heterocycles. The molecular weight excluding hydrogens is 236 g/mol. The summed E-state index contributed by atoms with van der Waals surface area (Å²) in [6, 6.07) is 13.6. The fourth-order valence-electron chi connectivity index (χ4n) is 2.31. The smallest absolute Gasteiger partial charge is 0.336 e. The number of carbonyl (C=O) groups is 1. The van der Waals surface area contributed by atoms with Crippen molar-refractivity contribution in [1.82, 2.24) is 0 Å². The highest BCUT2D eigenvalue weighted by atomic mass is 16.4. The number of benzene rings is 2. The van der Waals surface area contributed by atoms with Crippen LogP contribution in [0.5, 0.6) is 0 Å². The first-order valence-electron chi connectivity index (χ1n) is 6.44. The maximum Gasteiger partial charge on any atom is 0.336 e. The zero-order valence-corrected chi connectivity index (χ0v) is 11.5. The van der Waals surface area contributed by atoms with Gasteiger partial charge in [0.05, 0.1) is 5.56 Å². The summed E-state index contributed by atoms with van der Waals surface area (Å²) in [5, 5.41) is 9.46. The molecule has 0 heterocycles. The first-order valence-corrected chi connectivity index (χ1v) is 6.44. The molecule has 1 N–H and O–H groups in total. The molecule has 0 unspecified atom stereocenters. The Hall–Kier alpha value is -2.09. The third-order valence-electron chi connectivity index (χ3n) is 3.32. The van der Waals surface area contributed by atoms with Crippen LogP contribution >= 0.6 is 0 Å². The van der Waals surface area contributed by atoms with E-state index in [4.69, 9.17) is 0 Å². The van der Waals surface area contributed by atoms with Gasteiger partial charge in [-0.3, -0.25) is 0 Å². The molecule has 0 aromatic heterocycles. The molecule has 0 fully saturated rings. The van der Waals surface area contributed by atoms with Crippen molar-refractivity contribution in [3.8, 4) is 11.1 Å². The molecule has 0 aliphatic rings. The van der Waals surface area contributed by atoms with Crippen molar-refractivity contribution in [1.29, 1.82) is 0 Å². The lowest BCUT2D eigenvalue weighted by molar-refractivity contribution is 0.0697. The molecule has 0 spiro atoms. The van der Waals surface area contributed by atoms with Crippen LogP contribution < -0.4 is 0 Å². The molecule has 0 aliphatic heterocycles. The van der Waals surface area contributed by atoms with E-state index in [1.54, 1.807) is 6.07 Å². The highest BCUT2D eigenvalue weighted by molar-refractivity contribution is 5.97. The second-order valence-corrected chi connectivity index (χ2v) is 5.09. The molecule has 0 atom stereocenters. The van der Waals surface area contributed by atoms with Crippen LogP contribution in [0.1, 0.15) is 41.3 Å². The molecule has 0 aliphatic carbocycles. The average Bonchev–Trinajstić information content (AvgIpc) is 2.38. The standard InChI is InChI=1S/C17H18O2/c1-11(2)14-9-12(3)16(15(10-14)17(18)19)13-7-5-4-6-8-13/h4-11H,1-3H3,(H,18,19). The highest BCUT2D eigenvalue weighted by Crippen LogP contribution is 2.31. The number of carboxylic acid groups (broad SMARTS) is 1. The van der Waals surface area contributed by atoms with Crippen molar-refractivity contribution in [2.45, 2.75) is 26.7 Å². The van der Waals surface area contributed by atoms with Gasteiger partial charge in [0.2, 0.25) is 0 Å². The van der Waals surface area contributed by atoms with Crippen LogP contribution in [0.4, 0.5) is 0 Å². The molecule has 0 radical (unpaired) electrons. The Bertz CT molecular complexity index is 598. The predicted molar refractivity (Wildman–Crippen MR) is 77.7 cm³/mol. The van der Waals surface area contributed by atoms with Crippen LogP contribution in [0.3, 0.4) is 0 Å². The second kappa shape index (κ2) is 5.27. The predicted octanol–water partition coefficient (Wildman–Crippen LogP) is 4.48. The van der Waals surface area contributed by atoms with E-state index in [2.05, 4.69) is 19.9 Å². The van der Waals surface area contributed by atoms with Crippen LogP contribution in [-0.4, -0.2) is 11.1 Å². The molecule has 2 nitrogen and oxygen atoms in total. The summed E-state index contributed by atoms with van der Waals surface area (Å²) >= 11 is 0. The minimum absolute atomic E-state index is 0.321. The lowest BCUT2D eigenvalue weighted by atomic mass is 9.90. The van der Waals surface area contributed by atoms with E-state index in [1.807, 2.05) is 37.3 Å². The maximum atomic E-state index is 11.5. The zero-order valence-electron chi connectivity index (χ0n) is 11.5. The van der Waals surface area contributed by atoms with Crippen molar-refractivity contribution in [2.24, 2.45) is 0 Å². The fraction of sp³-hybridized carbons (Fsp3) is 0.235. The van der Waals surface area contributed by atoms with Gasteiger partial charge in [-0.1, -0.05) is 50.2 Å². The Morgan fingerprint density at radius 2 is 1.74 bits per heavy atom. The van der Waals surface area contributed by atoms with Gasteiger partial charge in [0.25, 0.3) is 0 Å². The van der Waals surface area contributed by atoms with Crippen LogP contribution in [-0.2, 0) is 0 Å². The quantitative estimate of drug-likeness (QED) is 0.876. The number of carboxylic acids is 1. The zero-order chi connectivity index (χ0) is 14.0. The van der Waals surface area contributed by atoms with Gasteiger partial charge >= 0.3 is 5.97 Å². The molecule has 2 heteroatoms. The van der Waals surface area contributed by atoms with Crippen molar-refractivity contribution < 1.29 is 9.90 Å². The first kappa shape index (κ1) is 13.3. The van der Waals surface area contributed by atoms with Gasteiger partial charge in [0.1, 0.15) is 0 Å². The van der Waals surface area contributed by atoms with E-state index in [0.29, 0.717) is 11.5 Å². The molecule has 2 aromatic carbocycles. The monoisotopic (exact) mass is 254 g/mol.